The zero-order valence-electron chi connectivity index (χ0n) is 19.2. The Hall–Kier alpha value is -0.643. The molecule has 162 valence electrons. The molecule has 2 nitrogen and oxygen atoms in total. The molecule has 0 N–H and O–H groups in total. The molecule has 0 bridgehead atoms. The number of unbranched alkanes of at least 4 members (excludes halogenated alkanes) is 9. The zero-order valence-corrected chi connectivity index (χ0v) is 20.2. The third-order valence-corrected chi connectivity index (χ3v) is 9.59. The molecule has 0 aliphatic heterocycles. The van der Waals surface area contributed by atoms with Gasteiger partial charge in [0.1, 0.15) is 0 Å². The second-order valence-electron chi connectivity index (χ2n) is 8.20. The van der Waals surface area contributed by atoms with Gasteiger partial charge in [-0.05, 0) is 31.5 Å². The molecule has 0 heterocycles. The fourth-order valence-corrected chi connectivity index (χ4v) is 7.76. The van der Waals surface area contributed by atoms with Gasteiger partial charge >= 0.3 is 8.56 Å². The molecule has 2 unspecified atom stereocenters. The maximum absolute atomic E-state index is 6.70. The summed E-state index contributed by atoms with van der Waals surface area (Å²) >= 11 is 0. The van der Waals surface area contributed by atoms with Crippen LogP contribution in [0.15, 0.2) is 30.3 Å². The topological polar surface area (TPSA) is 18.5 Å². The molecule has 1 aromatic carbocycles. The standard InChI is InChI=1S/C25H46O2Si/c1-5-8-9-10-11-12-13-14-15-19-23-28(22-6-2,26-7-3)27-24(4)25-20-17-16-18-21-25/h16-18,20-21,24H,5-15,19,22-23H2,1-4H3. The molecule has 0 aliphatic rings. The first-order chi connectivity index (χ1) is 13.7. The Kier molecular flexibility index (Phi) is 14.7. The van der Waals surface area contributed by atoms with Gasteiger partial charge in [-0.2, -0.15) is 0 Å². The van der Waals surface area contributed by atoms with E-state index in [1.54, 1.807) is 0 Å². The van der Waals surface area contributed by atoms with Gasteiger partial charge in [-0.3, -0.25) is 0 Å². The number of rotatable bonds is 18. The molecule has 1 rings (SSSR count). The Balaban J connectivity index is 2.40. The van der Waals surface area contributed by atoms with Gasteiger partial charge in [0, 0.05) is 6.61 Å². The monoisotopic (exact) mass is 406 g/mol. The largest absolute Gasteiger partial charge is 0.394 e. The highest BCUT2D eigenvalue weighted by atomic mass is 28.4. The average molecular weight is 407 g/mol. The summed E-state index contributed by atoms with van der Waals surface area (Å²) in [6.07, 6.45) is 15.0. The van der Waals surface area contributed by atoms with Crippen molar-refractivity contribution in [3.63, 3.8) is 0 Å². The van der Waals surface area contributed by atoms with Gasteiger partial charge < -0.3 is 8.85 Å². The van der Waals surface area contributed by atoms with Gasteiger partial charge in [-0.1, -0.05) is 115 Å². The minimum atomic E-state index is -2.13. The van der Waals surface area contributed by atoms with Crippen LogP contribution in [0, 0.1) is 0 Å². The van der Waals surface area contributed by atoms with E-state index in [0.717, 1.165) is 25.1 Å². The Morgan fingerprint density at radius 1 is 0.714 bits per heavy atom. The summed E-state index contributed by atoms with van der Waals surface area (Å²) < 4.78 is 13.1. The summed E-state index contributed by atoms with van der Waals surface area (Å²) in [5.74, 6) is 0. The van der Waals surface area contributed by atoms with Gasteiger partial charge in [0.25, 0.3) is 0 Å². The van der Waals surface area contributed by atoms with Gasteiger partial charge in [0.2, 0.25) is 0 Å². The molecule has 0 fully saturated rings. The first-order valence-corrected chi connectivity index (χ1v) is 14.3. The second-order valence-corrected chi connectivity index (χ2v) is 11.5. The molecular weight excluding hydrogens is 360 g/mol. The Bertz CT molecular complexity index is 457. The van der Waals surface area contributed by atoms with Crippen LogP contribution in [-0.2, 0) is 8.85 Å². The van der Waals surface area contributed by atoms with Crippen molar-refractivity contribution in [2.24, 2.45) is 0 Å². The molecular formula is C25H46O2Si. The van der Waals surface area contributed by atoms with Gasteiger partial charge in [0.15, 0.2) is 0 Å². The van der Waals surface area contributed by atoms with Crippen molar-refractivity contribution in [2.45, 2.75) is 117 Å². The van der Waals surface area contributed by atoms with E-state index >= 15 is 0 Å². The minimum absolute atomic E-state index is 0.120. The molecule has 28 heavy (non-hydrogen) atoms. The van der Waals surface area contributed by atoms with Crippen LogP contribution < -0.4 is 0 Å². The fourth-order valence-electron chi connectivity index (χ4n) is 4.06. The van der Waals surface area contributed by atoms with Crippen LogP contribution in [0.1, 0.15) is 110 Å². The summed E-state index contributed by atoms with van der Waals surface area (Å²) in [5, 5.41) is 0. The molecule has 2 atom stereocenters. The zero-order chi connectivity index (χ0) is 20.5. The SMILES string of the molecule is CCCCCCCCCCCC[Si](CCC)(OCC)OC(C)c1ccccc1. The molecule has 1 aromatic rings. The molecule has 0 spiro atoms. The lowest BCUT2D eigenvalue weighted by atomic mass is 10.1. The molecule has 0 amide bonds. The van der Waals surface area contributed by atoms with E-state index in [-0.39, 0.29) is 6.10 Å². The molecule has 0 radical (unpaired) electrons. The van der Waals surface area contributed by atoms with E-state index in [1.807, 2.05) is 0 Å². The highest BCUT2D eigenvalue weighted by molar-refractivity contribution is 6.67. The summed E-state index contributed by atoms with van der Waals surface area (Å²) in [5.41, 5.74) is 1.26. The summed E-state index contributed by atoms with van der Waals surface area (Å²) in [6, 6.07) is 12.9. The molecule has 0 aliphatic carbocycles. The fraction of sp³-hybridized carbons (Fsp3) is 0.760. The van der Waals surface area contributed by atoms with Gasteiger partial charge in [-0.15, -0.1) is 0 Å². The van der Waals surface area contributed by atoms with Crippen molar-refractivity contribution in [3.8, 4) is 0 Å². The van der Waals surface area contributed by atoms with Crippen molar-refractivity contribution in [1.29, 1.82) is 0 Å². The van der Waals surface area contributed by atoms with Crippen molar-refractivity contribution in [1.82, 2.24) is 0 Å². The molecule has 0 saturated carbocycles. The number of hydrogen-bond acceptors (Lipinski definition) is 2. The summed E-state index contributed by atoms with van der Waals surface area (Å²) in [7, 11) is -2.13. The summed E-state index contributed by atoms with van der Waals surface area (Å²) in [4.78, 5) is 0. The van der Waals surface area contributed by atoms with Crippen LogP contribution >= 0.6 is 0 Å². The first kappa shape index (κ1) is 25.4. The van der Waals surface area contributed by atoms with Crippen LogP contribution in [-0.4, -0.2) is 15.2 Å². The van der Waals surface area contributed by atoms with Crippen LogP contribution in [0.3, 0.4) is 0 Å². The second kappa shape index (κ2) is 16.2. The first-order valence-electron chi connectivity index (χ1n) is 12.0. The maximum Gasteiger partial charge on any atom is 0.338 e. The predicted molar refractivity (Wildman–Crippen MR) is 125 cm³/mol. The van der Waals surface area contributed by atoms with Gasteiger partial charge in [-0.25, -0.2) is 0 Å². The number of hydrogen-bond donors (Lipinski definition) is 0. The molecule has 0 aromatic heterocycles. The van der Waals surface area contributed by atoms with Crippen molar-refractivity contribution >= 4 is 8.56 Å². The van der Waals surface area contributed by atoms with E-state index in [0.29, 0.717) is 0 Å². The third kappa shape index (κ3) is 10.8. The van der Waals surface area contributed by atoms with Gasteiger partial charge in [0.05, 0.1) is 6.10 Å². The number of benzene rings is 1. The maximum atomic E-state index is 6.70. The lowest BCUT2D eigenvalue weighted by Gasteiger charge is -2.33. The van der Waals surface area contributed by atoms with E-state index in [4.69, 9.17) is 8.85 Å². The third-order valence-electron chi connectivity index (χ3n) is 5.61. The minimum Gasteiger partial charge on any atom is -0.394 e. The lowest BCUT2D eigenvalue weighted by Crippen LogP contribution is -2.42. The average Bonchev–Trinajstić information content (AvgIpc) is 2.70. The molecule has 0 saturated heterocycles. The normalized spacial score (nSPS) is 14.7. The van der Waals surface area contributed by atoms with Crippen molar-refractivity contribution in [3.05, 3.63) is 35.9 Å². The Labute approximate surface area is 176 Å². The van der Waals surface area contributed by atoms with Crippen molar-refractivity contribution in [2.75, 3.05) is 6.61 Å². The Morgan fingerprint density at radius 2 is 1.29 bits per heavy atom. The summed E-state index contributed by atoms with van der Waals surface area (Å²) in [6.45, 7) is 9.62. The quantitative estimate of drug-likeness (QED) is 0.179. The highest BCUT2D eigenvalue weighted by Gasteiger charge is 2.37. The smallest absolute Gasteiger partial charge is 0.338 e. The lowest BCUT2D eigenvalue weighted by molar-refractivity contribution is 0.125. The Morgan fingerprint density at radius 3 is 1.82 bits per heavy atom. The van der Waals surface area contributed by atoms with Crippen LogP contribution in [0.4, 0.5) is 0 Å². The van der Waals surface area contributed by atoms with Crippen LogP contribution in [0.25, 0.3) is 0 Å². The van der Waals surface area contributed by atoms with E-state index in [1.165, 1.54) is 69.8 Å². The van der Waals surface area contributed by atoms with Crippen LogP contribution in [0.5, 0.6) is 0 Å². The van der Waals surface area contributed by atoms with Crippen LogP contribution in [0.2, 0.25) is 12.1 Å². The van der Waals surface area contributed by atoms with E-state index in [9.17, 15) is 0 Å². The van der Waals surface area contributed by atoms with E-state index < -0.39 is 8.56 Å². The highest BCUT2D eigenvalue weighted by Crippen LogP contribution is 2.31. The van der Waals surface area contributed by atoms with Crippen molar-refractivity contribution < 1.29 is 8.85 Å². The molecule has 3 heteroatoms. The predicted octanol–water partition coefficient (Wildman–Crippen LogP) is 8.57. The van der Waals surface area contributed by atoms with E-state index in [2.05, 4.69) is 58.0 Å².